The van der Waals surface area contributed by atoms with Crippen molar-refractivity contribution < 1.29 is 4.92 Å². The zero-order valence-corrected chi connectivity index (χ0v) is 12.7. The Balaban J connectivity index is 2.21. The average molecular weight is 336 g/mol. The molecule has 1 N–H and O–H groups in total. The summed E-state index contributed by atoms with van der Waals surface area (Å²) in [6.45, 7) is 3.87. The molecule has 0 saturated carbocycles. The SMILES string of the molecule is Cc1nc(Br)ccc1NC(C)c1cccc([N+](=O)[O-])c1. The van der Waals surface area contributed by atoms with Crippen LogP contribution in [0.1, 0.15) is 24.2 Å². The van der Waals surface area contributed by atoms with Gasteiger partial charge in [-0.1, -0.05) is 12.1 Å². The molecule has 0 aliphatic rings. The lowest BCUT2D eigenvalue weighted by Crippen LogP contribution is -2.08. The van der Waals surface area contributed by atoms with Crippen LogP contribution in [0.2, 0.25) is 0 Å². The van der Waals surface area contributed by atoms with E-state index in [-0.39, 0.29) is 16.7 Å². The van der Waals surface area contributed by atoms with Gasteiger partial charge in [0.1, 0.15) is 4.60 Å². The van der Waals surface area contributed by atoms with E-state index in [1.54, 1.807) is 12.1 Å². The summed E-state index contributed by atoms with van der Waals surface area (Å²) in [4.78, 5) is 14.7. The number of anilines is 1. The Kier molecular flexibility index (Phi) is 4.34. The van der Waals surface area contributed by atoms with E-state index in [1.807, 2.05) is 32.0 Å². The second kappa shape index (κ2) is 6.00. The molecule has 0 aliphatic heterocycles. The van der Waals surface area contributed by atoms with Crippen molar-refractivity contribution in [3.05, 3.63) is 62.4 Å². The third-order valence-corrected chi connectivity index (χ3v) is 3.45. The van der Waals surface area contributed by atoms with Gasteiger partial charge in [-0.3, -0.25) is 10.1 Å². The van der Waals surface area contributed by atoms with Gasteiger partial charge in [-0.2, -0.15) is 0 Å². The zero-order valence-electron chi connectivity index (χ0n) is 11.1. The molecule has 20 heavy (non-hydrogen) atoms. The van der Waals surface area contributed by atoms with Crippen LogP contribution in [0, 0.1) is 17.0 Å². The van der Waals surface area contributed by atoms with Crippen LogP contribution in [-0.4, -0.2) is 9.91 Å². The molecule has 5 nitrogen and oxygen atoms in total. The highest BCUT2D eigenvalue weighted by Gasteiger charge is 2.12. The van der Waals surface area contributed by atoms with Crippen molar-refractivity contribution in [3.8, 4) is 0 Å². The molecule has 0 spiro atoms. The molecular formula is C14H14BrN3O2. The fourth-order valence-corrected chi connectivity index (χ4v) is 2.31. The lowest BCUT2D eigenvalue weighted by molar-refractivity contribution is -0.384. The molecule has 6 heteroatoms. The van der Waals surface area contributed by atoms with Crippen LogP contribution < -0.4 is 5.32 Å². The Bertz CT molecular complexity index is 646. The lowest BCUT2D eigenvalue weighted by atomic mass is 10.1. The largest absolute Gasteiger partial charge is 0.377 e. The molecular weight excluding hydrogens is 322 g/mol. The number of pyridine rings is 1. The number of hydrogen-bond donors (Lipinski definition) is 1. The summed E-state index contributed by atoms with van der Waals surface area (Å²) in [6, 6.07) is 10.4. The van der Waals surface area contributed by atoms with Gasteiger partial charge in [-0.25, -0.2) is 4.98 Å². The lowest BCUT2D eigenvalue weighted by Gasteiger charge is -2.17. The predicted molar refractivity (Wildman–Crippen MR) is 81.8 cm³/mol. The van der Waals surface area contributed by atoms with E-state index in [1.165, 1.54) is 6.07 Å². The number of aryl methyl sites for hydroxylation is 1. The van der Waals surface area contributed by atoms with Crippen LogP contribution in [0.25, 0.3) is 0 Å². The minimum Gasteiger partial charge on any atom is -0.377 e. The number of nitro groups is 1. The van der Waals surface area contributed by atoms with Gasteiger partial charge in [-0.15, -0.1) is 0 Å². The van der Waals surface area contributed by atoms with Gasteiger partial charge < -0.3 is 5.32 Å². The van der Waals surface area contributed by atoms with Crippen molar-refractivity contribution in [2.45, 2.75) is 19.9 Å². The summed E-state index contributed by atoms with van der Waals surface area (Å²) in [5, 5.41) is 14.1. The van der Waals surface area contributed by atoms with Crippen LogP contribution in [-0.2, 0) is 0 Å². The van der Waals surface area contributed by atoms with Crippen LogP contribution in [0.3, 0.4) is 0 Å². The summed E-state index contributed by atoms with van der Waals surface area (Å²) < 4.78 is 0.781. The van der Waals surface area contributed by atoms with Crippen molar-refractivity contribution in [3.63, 3.8) is 0 Å². The number of nitrogens with zero attached hydrogens (tertiary/aromatic N) is 2. The molecule has 0 bridgehead atoms. The Morgan fingerprint density at radius 2 is 2.10 bits per heavy atom. The third-order valence-electron chi connectivity index (χ3n) is 3.00. The number of hydrogen-bond acceptors (Lipinski definition) is 4. The summed E-state index contributed by atoms with van der Waals surface area (Å²) in [5.41, 5.74) is 2.74. The van der Waals surface area contributed by atoms with E-state index in [4.69, 9.17) is 0 Å². The minimum atomic E-state index is -0.386. The summed E-state index contributed by atoms with van der Waals surface area (Å²) in [7, 11) is 0. The zero-order chi connectivity index (χ0) is 14.7. The number of nitrogens with one attached hydrogen (secondary N) is 1. The molecule has 0 saturated heterocycles. The van der Waals surface area contributed by atoms with Crippen LogP contribution in [0.4, 0.5) is 11.4 Å². The second-order valence-electron chi connectivity index (χ2n) is 4.49. The van der Waals surface area contributed by atoms with Crippen LogP contribution >= 0.6 is 15.9 Å². The summed E-state index contributed by atoms with van der Waals surface area (Å²) in [5.74, 6) is 0. The number of benzene rings is 1. The van der Waals surface area contributed by atoms with Crippen LogP contribution in [0.15, 0.2) is 41.0 Å². The standard InChI is InChI=1S/C14H14BrN3O2/c1-9(11-4-3-5-12(8-11)18(19)20)16-13-6-7-14(15)17-10(13)2/h3-9,16H,1-2H3. The Hall–Kier alpha value is -1.95. The van der Waals surface area contributed by atoms with Gasteiger partial charge in [0, 0.05) is 18.2 Å². The van der Waals surface area contributed by atoms with Gasteiger partial charge in [0.15, 0.2) is 0 Å². The van der Waals surface area contributed by atoms with Gasteiger partial charge >= 0.3 is 0 Å². The van der Waals surface area contributed by atoms with E-state index in [0.29, 0.717) is 0 Å². The Labute approximate surface area is 125 Å². The molecule has 1 unspecified atom stereocenters. The molecule has 0 fully saturated rings. The second-order valence-corrected chi connectivity index (χ2v) is 5.30. The van der Waals surface area contributed by atoms with E-state index in [9.17, 15) is 10.1 Å². The third kappa shape index (κ3) is 3.33. The Morgan fingerprint density at radius 1 is 1.35 bits per heavy atom. The van der Waals surface area contributed by atoms with Crippen molar-refractivity contribution in [2.75, 3.05) is 5.32 Å². The van der Waals surface area contributed by atoms with E-state index in [2.05, 4.69) is 26.2 Å². The van der Waals surface area contributed by atoms with E-state index in [0.717, 1.165) is 21.5 Å². The predicted octanol–water partition coefficient (Wildman–Crippen LogP) is 4.23. The Morgan fingerprint density at radius 3 is 2.75 bits per heavy atom. The number of halogens is 1. The molecule has 0 amide bonds. The van der Waals surface area contributed by atoms with E-state index < -0.39 is 0 Å². The first-order valence-electron chi connectivity index (χ1n) is 6.11. The molecule has 2 aromatic rings. The average Bonchev–Trinajstić information content (AvgIpc) is 2.42. The summed E-state index contributed by atoms with van der Waals surface area (Å²) in [6.07, 6.45) is 0. The minimum absolute atomic E-state index is 0.0448. The highest BCUT2D eigenvalue weighted by atomic mass is 79.9. The molecule has 2 rings (SSSR count). The molecule has 1 heterocycles. The van der Waals surface area contributed by atoms with E-state index >= 15 is 0 Å². The molecule has 0 aliphatic carbocycles. The maximum atomic E-state index is 10.8. The monoisotopic (exact) mass is 335 g/mol. The molecule has 1 atom stereocenters. The number of aromatic nitrogens is 1. The number of non-ortho nitro benzene ring substituents is 1. The highest BCUT2D eigenvalue weighted by molar-refractivity contribution is 9.10. The number of rotatable bonds is 4. The molecule has 104 valence electrons. The molecule has 1 aromatic carbocycles. The normalized spacial score (nSPS) is 11.9. The first kappa shape index (κ1) is 14.5. The fourth-order valence-electron chi connectivity index (χ4n) is 1.91. The smallest absolute Gasteiger partial charge is 0.269 e. The maximum absolute atomic E-state index is 10.8. The topological polar surface area (TPSA) is 68.1 Å². The van der Waals surface area contributed by atoms with Crippen molar-refractivity contribution in [2.24, 2.45) is 0 Å². The first-order chi connectivity index (χ1) is 9.47. The first-order valence-corrected chi connectivity index (χ1v) is 6.90. The fraction of sp³-hybridized carbons (Fsp3) is 0.214. The van der Waals surface area contributed by atoms with Gasteiger partial charge in [0.05, 0.1) is 16.3 Å². The van der Waals surface area contributed by atoms with Gasteiger partial charge in [0.25, 0.3) is 5.69 Å². The van der Waals surface area contributed by atoms with Crippen molar-refractivity contribution in [1.29, 1.82) is 0 Å². The highest BCUT2D eigenvalue weighted by Crippen LogP contribution is 2.24. The molecule has 1 aromatic heterocycles. The van der Waals surface area contributed by atoms with Crippen LogP contribution in [0.5, 0.6) is 0 Å². The van der Waals surface area contributed by atoms with Gasteiger partial charge in [-0.05, 0) is 47.5 Å². The summed E-state index contributed by atoms with van der Waals surface area (Å²) >= 11 is 3.32. The van der Waals surface area contributed by atoms with Gasteiger partial charge in [0.2, 0.25) is 0 Å². The maximum Gasteiger partial charge on any atom is 0.269 e. The number of nitro benzene ring substituents is 1. The molecule has 0 radical (unpaired) electrons. The van der Waals surface area contributed by atoms with Crippen molar-refractivity contribution >= 4 is 27.3 Å². The quantitative estimate of drug-likeness (QED) is 0.515. The van der Waals surface area contributed by atoms with Crippen molar-refractivity contribution in [1.82, 2.24) is 4.98 Å².